The first-order chi connectivity index (χ1) is 21.3. The normalized spacial score (nSPS) is 11.0. The standard InChI is InChI=1S/C32H31ClN2O9/c1-38-20-15-23(39-2)27-24(16-20)44-29(18-12-25(40-3)30(42-5)26(13-18)41-4)31(28(27)36)43-11-7-6-10-35-17-34-22-9-8-19(33)14-21(22)32(35)37/h8-9,12-17H,6-7,10-11H2,1-5H3. The number of hydrogen-bond donors (Lipinski definition) is 0. The molecule has 0 spiro atoms. The number of nitrogens with zero attached hydrogens (tertiary/aromatic N) is 2. The molecule has 0 radical (unpaired) electrons. The molecule has 5 aromatic rings. The monoisotopic (exact) mass is 622 g/mol. The molecule has 0 aliphatic heterocycles. The summed E-state index contributed by atoms with van der Waals surface area (Å²) in [5.74, 6) is 1.98. The van der Waals surface area contributed by atoms with Crippen LogP contribution in [0.25, 0.3) is 33.2 Å². The van der Waals surface area contributed by atoms with Gasteiger partial charge in [0.1, 0.15) is 22.5 Å². The van der Waals surface area contributed by atoms with Gasteiger partial charge in [-0.25, -0.2) is 4.98 Å². The van der Waals surface area contributed by atoms with E-state index < -0.39 is 5.43 Å². The predicted octanol–water partition coefficient (Wildman–Crippen LogP) is 5.73. The highest BCUT2D eigenvalue weighted by atomic mass is 35.5. The summed E-state index contributed by atoms with van der Waals surface area (Å²) in [5, 5.41) is 1.12. The minimum Gasteiger partial charge on any atom is -0.496 e. The van der Waals surface area contributed by atoms with Crippen molar-refractivity contribution < 1.29 is 32.8 Å². The number of rotatable bonds is 12. The van der Waals surface area contributed by atoms with E-state index in [0.29, 0.717) is 63.9 Å². The molecule has 0 fully saturated rings. The Kier molecular flexibility index (Phi) is 9.15. The van der Waals surface area contributed by atoms with Gasteiger partial charge in [-0.3, -0.25) is 14.2 Å². The van der Waals surface area contributed by atoms with E-state index in [9.17, 15) is 9.59 Å². The van der Waals surface area contributed by atoms with Crippen molar-refractivity contribution in [1.29, 1.82) is 0 Å². The number of unbranched alkanes of at least 4 members (excludes halogenated alkanes) is 1. The molecule has 2 heterocycles. The molecule has 11 nitrogen and oxygen atoms in total. The zero-order valence-corrected chi connectivity index (χ0v) is 25.6. The Hall–Kier alpha value is -4.90. The third kappa shape index (κ3) is 5.83. The average Bonchev–Trinajstić information content (AvgIpc) is 3.04. The van der Waals surface area contributed by atoms with E-state index in [1.807, 2.05) is 0 Å². The highest BCUT2D eigenvalue weighted by Gasteiger charge is 2.24. The maximum absolute atomic E-state index is 14.0. The molecular weight excluding hydrogens is 592 g/mol. The minimum absolute atomic E-state index is 0.0191. The predicted molar refractivity (Wildman–Crippen MR) is 166 cm³/mol. The molecule has 44 heavy (non-hydrogen) atoms. The molecule has 12 heteroatoms. The molecule has 0 N–H and O–H groups in total. The summed E-state index contributed by atoms with van der Waals surface area (Å²) >= 11 is 6.08. The smallest absolute Gasteiger partial charge is 0.261 e. The second kappa shape index (κ2) is 13.2. The zero-order chi connectivity index (χ0) is 31.4. The molecule has 0 amide bonds. The number of aromatic nitrogens is 2. The molecule has 3 aromatic carbocycles. The number of aryl methyl sites for hydroxylation is 1. The van der Waals surface area contributed by atoms with Crippen LogP contribution < -0.4 is 39.4 Å². The fourth-order valence-electron chi connectivity index (χ4n) is 4.90. The molecule has 0 saturated carbocycles. The lowest BCUT2D eigenvalue weighted by molar-refractivity contribution is 0.295. The molecule has 0 saturated heterocycles. The van der Waals surface area contributed by atoms with Gasteiger partial charge in [0.05, 0.1) is 59.4 Å². The van der Waals surface area contributed by atoms with E-state index in [2.05, 4.69) is 4.98 Å². The number of halogens is 1. The van der Waals surface area contributed by atoms with Gasteiger partial charge in [0.25, 0.3) is 5.56 Å². The Bertz CT molecular complexity index is 1930. The molecule has 0 aliphatic rings. The Morgan fingerprint density at radius 3 is 2.20 bits per heavy atom. The van der Waals surface area contributed by atoms with Crippen molar-refractivity contribution >= 4 is 33.5 Å². The Balaban J connectivity index is 1.49. The van der Waals surface area contributed by atoms with Gasteiger partial charge in [-0.1, -0.05) is 11.6 Å². The first-order valence-corrected chi connectivity index (χ1v) is 14.0. The SMILES string of the molecule is COc1cc(OC)c2c(=O)c(OCCCCn3cnc4ccc(Cl)cc4c3=O)c(-c3cc(OC)c(OC)c(OC)c3)oc2c1. The highest BCUT2D eigenvalue weighted by Crippen LogP contribution is 2.44. The van der Waals surface area contributed by atoms with Crippen LogP contribution in [0.5, 0.6) is 34.5 Å². The Labute approximate surface area is 257 Å². The summed E-state index contributed by atoms with van der Waals surface area (Å²) < 4.78 is 41.3. The van der Waals surface area contributed by atoms with E-state index in [0.717, 1.165) is 0 Å². The number of benzene rings is 3. The van der Waals surface area contributed by atoms with Gasteiger partial charge >= 0.3 is 0 Å². The molecule has 0 aliphatic carbocycles. The van der Waals surface area contributed by atoms with Crippen molar-refractivity contribution in [2.75, 3.05) is 42.2 Å². The lowest BCUT2D eigenvalue weighted by atomic mass is 10.1. The van der Waals surface area contributed by atoms with Gasteiger partial charge in [0, 0.05) is 29.3 Å². The minimum atomic E-state index is -0.429. The Morgan fingerprint density at radius 2 is 1.55 bits per heavy atom. The van der Waals surface area contributed by atoms with Crippen LogP contribution in [0, 0.1) is 0 Å². The number of ether oxygens (including phenoxy) is 6. The number of hydrogen-bond acceptors (Lipinski definition) is 10. The Morgan fingerprint density at radius 1 is 0.818 bits per heavy atom. The van der Waals surface area contributed by atoms with Crippen LogP contribution in [0.15, 0.2) is 62.8 Å². The quantitative estimate of drug-likeness (QED) is 0.160. The molecule has 0 bridgehead atoms. The molecule has 230 valence electrons. The molecular formula is C32H31ClN2O9. The lowest BCUT2D eigenvalue weighted by Crippen LogP contribution is -2.21. The fourth-order valence-corrected chi connectivity index (χ4v) is 5.08. The highest BCUT2D eigenvalue weighted by molar-refractivity contribution is 6.31. The van der Waals surface area contributed by atoms with E-state index in [1.54, 1.807) is 42.5 Å². The summed E-state index contributed by atoms with van der Waals surface area (Å²) in [6.07, 6.45) is 2.61. The average molecular weight is 623 g/mol. The second-order valence-electron chi connectivity index (χ2n) is 9.67. The largest absolute Gasteiger partial charge is 0.496 e. The molecule has 5 rings (SSSR count). The van der Waals surface area contributed by atoms with Crippen molar-refractivity contribution in [3.05, 3.63) is 74.4 Å². The van der Waals surface area contributed by atoms with Crippen LogP contribution in [-0.2, 0) is 6.54 Å². The van der Waals surface area contributed by atoms with Gasteiger partial charge in [0.2, 0.25) is 16.9 Å². The van der Waals surface area contributed by atoms with E-state index >= 15 is 0 Å². The molecule has 0 unspecified atom stereocenters. The summed E-state index contributed by atoms with van der Waals surface area (Å²) in [6.45, 7) is 0.561. The zero-order valence-electron chi connectivity index (χ0n) is 24.9. The summed E-state index contributed by atoms with van der Waals surface area (Å²) in [4.78, 5) is 31.2. The van der Waals surface area contributed by atoms with Crippen LogP contribution >= 0.6 is 11.6 Å². The lowest BCUT2D eigenvalue weighted by Gasteiger charge is -2.17. The van der Waals surface area contributed by atoms with Crippen LogP contribution in [0.2, 0.25) is 5.02 Å². The third-order valence-corrected chi connectivity index (χ3v) is 7.33. The summed E-state index contributed by atoms with van der Waals surface area (Å²) in [7, 11) is 7.46. The van der Waals surface area contributed by atoms with Crippen LogP contribution in [0.1, 0.15) is 12.8 Å². The number of methoxy groups -OCH3 is 5. The maximum atomic E-state index is 14.0. The van der Waals surface area contributed by atoms with E-state index in [4.69, 9.17) is 44.4 Å². The van der Waals surface area contributed by atoms with E-state index in [-0.39, 0.29) is 40.4 Å². The van der Waals surface area contributed by atoms with Gasteiger partial charge in [-0.05, 0) is 43.2 Å². The van der Waals surface area contributed by atoms with Gasteiger partial charge < -0.3 is 32.8 Å². The maximum Gasteiger partial charge on any atom is 0.261 e. The van der Waals surface area contributed by atoms with Crippen molar-refractivity contribution in [3.8, 4) is 45.8 Å². The summed E-state index contributed by atoms with van der Waals surface area (Å²) in [5.41, 5.74) is 0.671. The fraction of sp³-hybridized carbons (Fsp3) is 0.281. The second-order valence-corrected chi connectivity index (χ2v) is 10.1. The topological polar surface area (TPSA) is 120 Å². The van der Waals surface area contributed by atoms with Gasteiger partial charge in [-0.2, -0.15) is 0 Å². The first kappa shape index (κ1) is 30.6. The van der Waals surface area contributed by atoms with Crippen molar-refractivity contribution in [2.24, 2.45) is 0 Å². The third-order valence-electron chi connectivity index (χ3n) is 7.10. The van der Waals surface area contributed by atoms with E-state index in [1.165, 1.54) is 46.4 Å². The van der Waals surface area contributed by atoms with Crippen molar-refractivity contribution in [3.63, 3.8) is 0 Å². The van der Waals surface area contributed by atoms with Crippen LogP contribution in [0.4, 0.5) is 0 Å². The van der Waals surface area contributed by atoms with Crippen molar-refractivity contribution in [1.82, 2.24) is 9.55 Å². The van der Waals surface area contributed by atoms with Gasteiger partial charge in [-0.15, -0.1) is 0 Å². The number of fused-ring (bicyclic) bond motifs is 2. The van der Waals surface area contributed by atoms with Crippen LogP contribution in [-0.4, -0.2) is 51.7 Å². The van der Waals surface area contributed by atoms with Crippen molar-refractivity contribution in [2.45, 2.75) is 19.4 Å². The van der Waals surface area contributed by atoms with Crippen LogP contribution in [0.3, 0.4) is 0 Å². The first-order valence-electron chi connectivity index (χ1n) is 13.6. The van der Waals surface area contributed by atoms with Gasteiger partial charge in [0.15, 0.2) is 17.3 Å². The molecule has 2 aromatic heterocycles. The summed E-state index contributed by atoms with van der Waals surface area (Å²) in [6, 6.07) is 11.6. The molecule has 0 atom stereocenters.